The van der Waals surface area contributed by atoms with Crippen LogP contribution in [0.3, 0.4) is 0 Å². The van der Waals surface area contributed by atoms with E-state index in [1.807, 2.05) is 73.7 Å². The topological polar surface area (TPSA) is 66.9 Å². The molecule has 0 unspecified atom stereocenters. The number of carbonyl (C=O) groups is 1. The number of aromatic nitrogens is 1. The minimum absolute atomic E-state index is 0.00430. The highest BCUT2D eigenvalue weighted by Gasteiger charge is 2.18. The Morgan fingerprint density at radius 3 is 2.50 bits per heavy atom. The van der Waals surface area contributed by atoms with Gasteiger partial charge in [-0.05, 0) is 25.1 Å². The summed E-state index contributed by atoms with van der Waals surface area (Å²) in [4.78, 5) is 17.4. The Morgan fingerprint density at radius 1 is 1.07 bits per heavy atom. The number of hydrogen-bond donors (Lipinski definition) is 0. The number of carbonyl (C=O) groups excluding carboxylic acids is 1. The third-order valence-electron chi connectivity index (χ3n) is 4.67. The molecule has 4 nitrogen and oxygen atoms in total. The molecule has 0 aliphatic rings. The molecule has 2 aromatic heterocycles. The molecule has 0 radical (unpaired) electrons. The summed E-state index contributed by atoms with van der Waals surface area (Å²) in [6, 6.07) is 24.9. The van der Waals surface area contributed by atoms with Crippen molar-refractivity contribution < 1.29 is 9.21 Å². The van der Waals surface area contributed by atoms with Crippen molar-refractivity contribution in [1.29, 1.82) is 5.26 Å². The zero-order valence-electron chi connectivity index (χ0n) is 16.3. The lowest BCUT2D eigenvalue weighted by atomic mass is 10.0. The van der Waals surface area contributed by atoms with Crippen molar-refractivity contribution in [3.05, 3.63) is 95.7 Å². The monoisotopic (exact) mass is 410 g/mol. The van der Waals surface area contributed by atoms with Crippen molar-refractivity contribution in [1.82, 2.24) is 4.98 Å². The summed E-state index contributed by atoms with van der Waals surface area (Å²) in [6.07, 6.45) is 1.58. The number of furan rings is 1. The Kier molecular flexibility index (Phi) is 5.78. The van der Waals surface area contributed by atoms with Crippen LogP contribution in [0.25, 0.3) is 22.6 Å². The van der Waals surface area contributed by atoms with Crippen LogP contribution in [0.15, 0.2) is 88.5 Å². The average molecular weight is 410 g/mol. The minimum Gasteiger partial charge on any atom is -0.464 e. The van der Waals surface area contributed by atoms with Crippen LogP contribution in [0.2, 0.25) is 0 Å². The Labute approximate surface area is 179 Å². The Morgan fingerprint density at radius 2 is 1.83 bits per heavy atom. The first-order chi connectivity index (χ1) is 14.7. The highest BCUT2D eigenvalue weighted by Crippen LogP contribution is 2.34. The molecular formula is C25H18N2O2S. The van der Waals surface area contributed by atoms with E-state index < -0.39 is 0 Å². The van der Waals surface area contributed by atoms with E-state index in [0.717, 1.165) is 16.8 Å². The van der Waals surface area contributed by atoms with Gasteiger partial charge in [-0.25, -0.2) is 4.98 Å². The smallest absolute Gasteiger partial charge is 0.173 e. The van der Waals surface area contributed by atoms with Crippen molar-refractivity contribution in [3.63, 3.8) is 0 Å². The molecule has 30 heavy (non-hydrogen) atoms. The number of Topliss-reactive ketones (excluding diaryl/α,β-unsaturated/α-hetero) is 1. The lowest BCUT2D eigenvalue weighted by Gasteiger charge is -2.11. The van der Waals surface area contributed by atoms with Crippen molar-refractivity contribution in [2.45, 2.75) is 11.9 Å². The van der Waals surface area contributed by atoms with Crippen molar-refractivity contribution in [2.24, 2.45) is 0 Å². The lowest BCUT2D eigenvalue weighted by molar-refractivity contribution is 0.102. The second-order valence-corrected chi connectivity index (χ2v) is 7.73. The van der Waals surface area contributed by atoms with E-state index in [1.54, 1.807) is 12.3 Å². The molecule has 0 spiro atoms. The standard InChI is InChI=1S/C25H18N2O2S/c1-17-9-11-19(12-10-17)23(28)16-30-25-21(15-26)20(24-8-5-13-29-24)14-22(27-25)18-6-3-2-4-7-18/h2-14H,16H2,1H3. The largest absolute Gasteiger partial charge is 0.464 e. The molecule has 0 saturated heterocycles. The zero-order valence-corrected chi connectivity index (χ0v) is 17.1. The molecule has 4 rings (SSSR count). The first kappa shape index (κ1) is 19.7. The van der Waals surface area contributed by atoms with Crippen molar-refractivity contribution in [3.8, 4) is 28.7 Å². The van der Waals surface area contributed by atoms with Crippen LogP contribution in [-0.2, 0) is 0 Å². The molecule has 0 aliphatic heterocycles. The molecule has 146 valence electrons. The maximum Gasteiger partial charge on any atom is 0.173 e. The summed E-state index contributed by atoms with van der Waals surface area (Å²) < 4.78 is 5.56. The Hall–Kier alpha value is -3.62. The predicted molar refractivity (Wildman–Crippen MR) is 118 cm³/mol. The van der Waals surface area contributed by atoms with Gasteiger partial charge in [0, 0.05) is 16.7 Å². The molecule has 0 bridgehead atoms. The molecule has 2 heterocycles. The molecule has 0 N–H and O–H groups in total. The maximum absolute atomic E-state index is 12.6. The highest BCUT2D eigenvalue weighted by atomic mass is 32.2. The van der Waals surface area contributed by atoms with Gasteiger partial charge in [-0.3, -0.25) is 4.79 Å². The van der Waals surface area contributed by atoms with E-state index in [-0.39, 0.29) is 11.5 Å². The molecule has 4 aromatic rings. The van der Waals surface area contributed by atoms with Crippen LogP contribution in [-0.4, -0.2) is 16.5 Å². The van der Waals surface area contributed by atoms with Crippen LogP contribution in [0, 0.1) is 18.3 Å². The molecule has 0 amide bonds. The quantitative estimate of drug-likeness (QED) is 0.281. The highest BCUT2D eigenvalue weighted by molar-refractivity contribution is 8.00. The number of nitriles is 1. The fraction of sp³-hybridized carbons (Fsp3) is 0.0800. The molecule has 0 saturated carbocycles. The lowest BCUT2D eigenvalue weighted by Crippen LogP contribution is -2.04. The Balaban J connectivity index is 1.72. The number of benzene rings is 2. The van der Waals surface area contributed by atoms with Gasteiger partial charge >= 0.3 is 0 Å². The summed E-state index contributed by atoms with van der Waals surface area (Å²) >= 11 is 1.27. The van der Waals surface area contributed by atoms with Gasteiger partial charge in [-0.1, -0.05) is 71.9 Å². The van der Waals surface area contributed by atoms with E-state index in [9.17, 15) is 10.1 Å². The normalized spacial score (nSPS) is 10.5. The molecule has 0 fully saturated rings. The fourth-order valence-electron chi connectivity index (χ4n) is 3.07. The summed E-state index contributed by atoms with van der Waals surface area (Å²) in [5, 5.41) is 10.4. The van der Waals surface area contributed by atoms with Crippen LogP contribution in [0.5, 0.6) is 0 Å². The molecular weight excluding hydrogens is 392 g/mol. The first-order valence-corrected chi connectivity index (χ1v) is 10.4. The van der Waals surface area contributed by atoms with Gasteiger partial charge in [0.2, 0.25) is 0 Å². The summed E-state index contributed by atoms with van der Waals surface area (Å²) in [7, 11) is 0. The number of thioether (sulfide) groups is 1. The summed E-state index contributed by atoms with van der Waals surface area (Å²) in [6.45, 7) is 1.98. The van der Waals surface area contributed by atoms with Crippen LogP contribution >= 0.6 is 11.8 Å². The predicted octanol–water partition coefficient (Wildman–Crippen LogP) is 6.16. The van der Waals surface area contributed by atoms with Gasteiger partial charge in [0.1, 0.15) is 16.9 Å². The maximum atomic E-state index is 12.6. The third kappa shape index (κ3) is 4.19. The number of aryl methyl sites for hydroxylation is 1. The van der Waals surface area contributed by atoms with E-state index >= 15 is 0 Å². The van der Waals surface area contributed by atoms with Gasteiger partial charge in [0.25, 0.3) is 0 Å². The summed E-state index contributed by atoms with van der Waals surface area (Å²) in [5.74, 6) is 0.786. The van der Waals surface area contributed by atoms with Gasteiger partial charge in [0.05, 0.1) is 23.3 Å². The number of rotatable bonds is 6. The van der Waals surface area contributed by atoms with Gasteiger partial charge in [0.15, 0.2) is 5.78 Å². The average Bonchev–Trinajstić information content (AvgIpc) is 3.32. The number of pyridine rings is 1. The van der Waals surface area contributed by atoms with E-state index in [0.29, 0.717) is 27.5 Å². The molecule has 0 atom stereocenters. The van der Waals surface area contributed by atoms with Gasteiger partial charge in [-0.15, -0.1) is 0 Å². The van der Waals surface area contributed by atoms with Crippen molar-refractivity contribution in [2.75, 3.05) is 5.75 Å². The zero-order chi connectivity index (χ0) is 20.9. The Bertz CT molecular complexity index is 1210. The van der Waals surface area contributed by atoms with E-state index in [1.165, 1.54) is 11.8 Å². The van der Waals surface area contributed by atoms with E-state index in [2.05, 4.69) is 6.07 Å². The van der Waals surface area contributed by atoms with Crippen LogP contribution in [0.4, 0.5) is 0 Å². The van der Waals surface area contributed by atoms with Crippen LogP contribution < -0.4 is 0 Å². The van der Waals surface area contributed by atoms with Gasteiger partial charge in [-0.2, -0.15) is 5.26 Å². The third-order valence-corrected chi connectivity index (χ3v) is 5.64. The fourth-order valence-corrected chi connectivity index (χ4v) is 3.97. The minimum atomic E-state index is -0.00430. The van der Waals surface area contributed by atoms with E-state index in [4.69, 9.17) is 9.40 Å². The SMILES string of the molecule is Cc1ccc(C(=O)CSc2nc(-c3ccccc3)cc(-c3ccco3)c2C#N)cc1. The van der Waals surface area contributed by atoms with Crippen molar-refractivity contribution >= 4 is 17.5 Å². The second kappa shape index (κ2) is 8.81. The number of ketones is 1. The molecule has 2 aromatic carbocycles. The number of hydrogen-bond acceptors (Lipinski definition) is 5. The van der Waals surface area contributed by atoms with Gasteiger partial charge < -0.3 is 4.42 Å². The molecule has 5 heteroatoms. The number of nitrogens with zero attached hydrogens (tertiary/aromatic N) is 2. The summed E-state index contributed by atoms with van der Waals surface area (Å²) in [5.41, 5.74) is 4.49. The second-order valence-electron chi connectivity index (χ2n) is 6.77. The molecule has 0 aliphatic carbocycles. The van der Waals surface area contributed by atoms with Crippen LogP contribution in [0.1, 0.15) is 21.5 Å². The first-order valence-electron chi connectivity index (χ1n) is 9.43.